The van der Waals surface area contributed by atoms with Crippen molar-refractivity contribution in [3.05, 3.63) is 41.1 Å². The van der Waals surface area contributed by atoms with E-state index in [1.54, 1.807) is 6.33 Å². The second-order valence-electron chi connectivity index (χ2n) is 6.93. The number of piperidine rings is 1. The highest BCUT2D eigenvalue weighted by atomic mass is 79.9. The quantitative estimate of drug-likeness (QED) is 0.597. The second kappa shape index (κ2) is 10.4. The fraction of sp³-hybridized carbons (Fsp3) is 0.450. The van der Waals surface area contributed by atoms with Crippen molar-refractivity contribution in [2.24, 2.45) is 5.92 Å². The van der Waals surface area contributed by atoms with Crippen molar-refractivity contribution >= 4 is 39.2 Å². The zero-order valence-electron chi connectivity index (χ0n) is 16.0. The van der Waals surface area contributed by atoms with Crippen LogP contribution in [0.25, 0.3) is 0 Å². The van der Waals surface area contributed by atoms with Crippen LogP contribution in [0.5, 0.6) is 0 Å². The molecule has 1 aliphatic rings. The van der Waals surface area contributed by atoms with Crippen molar-refractivity contribution in [2.75, 3.05) is 43.9 Å². The number of likely N-dealkylation sites (tertiary alicyclic amines) is 1. The maximum Gasteiger partial charge on any atom is 0.319 e. The number of benzene rings is 1. The number of carbonyl (C=O) groups is 1. The van der Waals surface area contributed by atoms with Crippen LogP contribution in [-0.4, -0.2) is 54.1 Å². The molecule has 1 aliphatic heterocycles. The Balaban J connectivity index is 1.41. The Labute approximate surface area is 174 Å². The Morgan fingerprint density at radius 2 is 2.04 bits per heavy atom. The highest BCUT2D eigenvalue weighted by molar-refractivity contribution is 9.10. The predicted octanol–water partition coefficient (Wildman–Crippen LogP) is 3.67. The first-order valence-electron chi connectivity index (χ1n) is 9.50. The number of methoxy groups -OCH3 is 1. The first-order valence-corrected chi connectivity index (χ1v) is 10.3. The summed E-state index contributed by atoms with van der Waals surface area (Å²) in [6.45, 7) is 3.17. The first-order chi connectivity index (χ1) is 13.6. The fourth-order valence-electron chi connectivity index (χ4n) is 3.32. The molecule has 8 heteroatoms. The minimum atomic E-state index is -0.156. The van der Waals surface area contributed by atoms with Gasteiger partial charge in [-0.2, -0.15) is 0 Å². The van der Waals surface area contributed by atoms with Gasteiger partial charge < -0.3 is 15.4 Å². The zero-order valence-corrected chi connectivity index (χ0v) is 17.6. The van der Waals surface area contributed by atoms with E-state index < -0.39 is 0 Å². The van der Waals surface area contributed by atoms with Gasteiger partial charge in [0.1, 0.15) is 18.0 Å². The number of halogens is 1. The van der Waals surface area contributed by atoms with Gasteiger partial charge in [0.05, 0.1) is 13.7 Å². The van der Waals surface area contributed by atoms with Crippen LogP contribution in [0.1, 0.15) is 19.3 Å². The lowest BCUT2D eigenvalue weighted by Crippen LogP contribution is -2.38. The average molecular weight is 448 g/mol. The van der Waals surface area contributed by atoms with E-state index in [1.165, 1.54) is 7.11 Å². The van der Waals surface area contributed by atoms with E-state index in [0.29, 0.717) is 12.5 Å². The van der Waals surface area contributed by atoms with E-state index in [1.807, 2.05) is 30.3 Å². The van der Waals surface area contributed by atoms with Crippen molar-refractivity contribution in [3.8, 4) is 0 Å². The van der Waals surface area contributed by atoms with Crippen LogP contribution in [0, 0.1) is 5.92 Å². The summed E-state index contributed by atoms with van der Waals surface area (Å²) in [7, 11) is 1.44. The molecule has 1 aromatic carbocycles. The summed E-state index contributed by atoms with van der Waals surface area (Å²) >= 11 is 3.47. The Bertz CT molecular complexity index is 781. The van der Waals surface area contributed by atoms with Gasteiger partial charge in [0.2, 0.25) is 0 Å². The topological polar surface area (TPSA) is 79.4 Å². The number of rotatable bonds is 8. The second-order valence-corrected chi connectivity index (χ2v) is 7.85. The molecule has 0 aliphatic carbocycles. The van der Waals surface area contributed by atoms with E-state index in [9.17, 15) is 4.79 Å². The summed E-state index contributed by atoms with van der Waals surface area (Å²) in [4.78, 5) is 22.1. The van der Waals surface area contributed by atoms with Crippen molar-refractivity contribution in [1.82, 2.24) is 14.9 Å². The summed E-state index contributed by atoms with van der Waals surface area (Å²) in [6, 6.07) is 9.87. The number of nitrogens with zero attached hydrogens (tertiary/aromatic N) is 3. The molecule has 0 atom stereocenters. The molecule has 1 saturated heterocycles. The van der Waals surface area contributed by atoms with E-state index in [0.717, 1.165) is 60.7 Å². The molecule has 0 radical (unpaired) electrons. The van der Waals surface area contributed by atoms with Crippen molar-refractivity contribution < 1.29 is 9.53 Å². The summed E-state index contributed by atoms with van der Waals surface area (Å²) in [5.74, 6) is 2.08. The summed E-state index contributed by atoms with van der Waals surface area (Å²) in [5.41, 5.74) is 0.970. The molecule has 0 unspecified atom stereocenters. The lowest BCUT2D eigenvalue weighted by molar-refractivity contribution is -0.142. The third-order valence-electron chi connectivity index (χ3n) is 4.91. The van der Waals surface area contributed by atoms with Gasteiger partial charge in [-0.1, -0.05) is 22.0 Å². The van der Waals surface area contributed by atoms with Crippen LogP contribution >= 0.6 is 15.9 Å². The fourth-order valence-corrected chi connectivity index (χ4v) is 3.72. The van der Waals surface area contributed by atoms with Gasteiger partial charge in [0.25, 0.3) is 0 Å². The minimum Gasteiger partial charge on any atom is -0.468 e. The number of ether oxygens (including phenoxy) is 1. The number of hydrogen-bond acceptors (Lipinski definition) is 7. The van der Waals surface area contributed by atoms with Gasteiger partial charge in [0.15, 0.2) is 0 Å². The first kappa shape index (κ1) is 20.5. The van der Waals surface area contributed by atoms with Gasteiger partial charge in [0, 0.05) is 22.8 Å². The number of anilines is 3. The molecule has 0 amide bonds. The largest absolute Gasteiger partial charge is 0.468 e. The monoisotopic (exact) mass is 447 g/mol. The number of esters is 1. The summed E-state index contributed by atoms with van der Waals surface area (Å²) < 4.78 is 5.75. The molecule has 0 saturated carbocycles. The Hall–Kier alpha value is -2.19. The zero-order chi connectivity index (χ0) is 19.8. The van der Waals surface area contributed by atoms with Crippen LogP contribution in [0.3, 0.4) is 0 Å². The van der Waals surface area contributed by atoms with Crippen molar-refractivity contribution in [1.29, 1.82) is 0 Å². The van der Waals surface area contributed by atoms with E-state index in [4.69, 9.17) is 4.74 Å². The molecule has 150 valence electrons. The molecule has 1 aromatic heterocycles. The van der Waals surface area contributed by atoms with Gasteiger partial charge in [-0.15, -0.1) is 0 Å². The van der Waals surface area contributed by atoms with Gasteiger partial charge in [-0.25, -0.2) is 9.97 Å². The molecule has 0 spiro atoms. The highest BCUT2D eigenvalue weighted by Crippen LogP contribution is 2.22. The molecule has 3 rings (SSSR count). The van der Waals surface area contributed by atoms with E-state index >= 15 is 0 Å². The average Bonchev–Trinajstić information content (AvgIpc) is 2.69. The molecule has 2 aromatic rings. The molecule has 28 heavy (non-hydrogen) atoms. The number of nitrogens with one attached hydrogen (secondary N) is 2. The van der Waals surface area contributed by atoms with Crippen LogP contribution < -0.4 is 10.6 Å². The summed E-state index contributed by atoms with van der Waals surface area (Å²) in [5, 5.41) is 6.68. The molecule has 0 bridgehead atoms. The van der Waals surface area contributed by atoms with E-state index in [-0.39, 0.29) is 5.97 Å². The van der Waals surface area contributed by atoms with Crippen molar-refractivity contribution in [3.63, 3.8) is 0 Å². The molecule has 2 N–H and O–H groups in total. The van der Waals surface area contributed by atoms with Crippen LogP contribution in [-0.2, 0) is 9.53 Å². The Kier molecular flexibility index (Phi) is 7.62. The third kappa shape index (κ3) is 6.45. The Morgan fingerprint density at radius 1 is 1.25 bits per heavy atom. The molecule has 7 nitrogen and oxygen atoms in total. The van der Waals surface area contributed by atoms with Crippen LogP contribution in [0.2, 0.25) is 0 Å². The lowest BCUT2D eigenvalue weighted by atomic mass is 9.93. The lowest BCUT2D eigenvalue weighted by Gasteiger charge is -2.31. The molecule has 1 fully saturated rings. The smallest absolute Gasteiger partial charge is 0.319 e. The maximum atomic E-state index is 11.4. The van der Waals surface area contributed by atoms with Crippen molar-refractivity contribution in [2.45, 2.75) is 19.3 Å². The van der Waals surface area contributed by atoms with E-state index in [2.05, 4.69) is 41.4 Å². The predicted molar refractivity (Wildman–Crippen MR) is 114 cm³/mol. The highest BCUT2D eigenvalue weighted by Gasteiger charge is 2.20. The maximum absolute atomic E-state index is 11.4. The van der Waals surface area contributed by atoms with Crippen LogP contribution in [0.4, 0.5) is 17.3 Å². The van der Waals surface area contributed by atoms with Gasteiger partial charge in [-0.3, -0.25) is 9.69 Å². The summed E-state index contributed by atoms with van der Waals surface area (Å²) in [6.07, 6.45) is 4.87. The normalized spacial score (nSPS) is 15.2. The molecular weight excluding hydrogens is 422 g/mol. The SMILES string of the molecule is COC(=O)CN1CCC(CCNc2cc(Nc3cccc(Br)c3)ncn2)CC1. The molecular formula is C20H26BrN5O2. The number of hydrogen-bond donors (Lipinski definition) is 2. The minimum absolute atomic E-state index is 0.156. The van der Waals surface area contributed by atoms with Gasteiger partial charge >= 0.3 is 5.97 Å². The third-order valence-corrected chi connectivity index (χ3v) is 5.40. The molecule has 2 heterocycles. The number of carbonyl (C=O) groups excluding carboxylic acids is 1. The Morgan fingerprint density at radius 3 is 2.79 bits per heavy atom. The standard InChI is InChI=1S/C20H26BrN5O2/c1-28-20(27)13-26-9-6-15(7-10-26)5-8-22-18-12-19(24-14-23-18)25-17-4-2-3-16(21)11-17/h2-4,11-12,14-15H,5-10,13H2,1H3,(H2,22,23,24,25). The van der Waals surface area contributed by atoms with Crippen LogP contribution in [0.15, 0.2) is 41.1 Å². The van der Waals surface area contributed by atoms with Gasteiger partial charge in [-0.05, 0) is 56.5 Å². The number of aromatic nitrogens is 2.